The standard InChI is InChI=1S/C27H24N4O3/c1-3-18-7-6-8-20(15-18)28-25(32)17-30-23-9-4-5-10-24(23)31-26(33)16-22(29-27(30)31)19-11-13-21(34-2)14-12-19/h4-16H,3,17H2,1-2H3,(H,28,32). The number of aromatic nitrogens is 3. The molecule has 0 aliphatic carbocycles. The third-order valence-corrected chi connectivity index (χ3v) is 5.86. The molecule has 0 aliphatic heterocycles. The average Bonchev–Trinajstić information content (AvgIpc) is 3.18. The Kier molecular flexibility index (Phi) is 5.59. The molecule has 34 heavy (non-hydrogen) atoms. The van der Waals surface area contributed by atoms with Gasteiger partial charge in [0, 0.05) is 17.3 Å². The fourth-order valence-electron chi connectivity index (χ4n) is 4.15. The third-order valence-electron chi connectivity index (χ3n) is 5.86. The van der Waals surface area contributed by atoms with E-state index < -0.39 is 0 Å². The first-order chi connectivity index (χ1) is 16.6. The Morgan fingerprint density at radius 3 is 2.47 bits per heavy atom. The monoisotopic (exact) mass is 452 g/mol. The van der Waals surface area contributed by atoms with Crippen molar-refractivity contribution in [1.82, 2.24) is 14.0 Å². The number of amides is 1. The zero-order valence-corrected chi connectivity index (χ0v) is 19.0. The van der Waals surface area contributed by atoms with Crippen LogP contribution in [0.5, 0.6) is 5.75 Å². The second-order valence-corrected chi connectivity index (χ2v) is 8.02. The molecule has 2 aromatic heterocycles. The molecule has 0 fully saturated rings. The average molecular weight is 453 g/mol. The lowest BCUT2D eigenvalue weighted by Crippen LogP contribution is -2.20. The first kappa shape index (κ1) is 21.5. The number of imidazole rings is 1. The summed E-state index contributed by atoms with van der Waals surface area (Å²) in [6.45, 7) is 2.09. The first-order valence-electron chi connectivity index (χ1n) is 11.1. The van der Waals surface area contributed by atoms with Crippen molar-refractivity contribution in [3.63, 3.8) is 0 Å². The highest BCUT2D eigenvalue weighted by Gasteiger charge is 2.17. The molecule has 3 aromatic carbocycles. The molecule has 7 heteroatoms. The van der Waals surface area contributed by atoms with Crippen LogP contribution >= 0.6 is 0 Å². The van der Waals surface area contributed by atoms with Crippen molar-refractivity contribution >= 4 is 28.4 Å². The molecule has 5 rings (SSSR count). The van der Waals surface area contributed by atoms with E-state index in [1.54, 1.807) is 16.1 Å². The first-order valence-corrected chi connectivity index (χ1v) is 11.1. The maximum atomic E-state index is 13.2. The number of benzene rings is 3. The molecule has 0 aliphatic rings. The van der Waals surface area contributed by atoms with Crippen LogP contribution in [0, 0.1) is 0 Å². The van der Waals surface area contributed by atoms with E-state index in [9.17, 15) is 9.59 Å². The van der Waals surface area contributed by atoms with E-state index in [0.29, 0.717) is 17.0 Å². The SMILES string of the molecule is CCc1cccc(NC(=O)Cn2c3ccccc3n3c(=O)cc(-c4ccc(OC)cc4)nc23)c1. The summed E-state index contributed by atoms with van der Waals surface area (Å²) in [5.41, 5.74) is 4.47. The van der Waals surface area contributed by atoms with E-state index >= 15 is 0 Å². The number of nitrogens with zero attached hydrogens (tertiary/aromatic N) is 3. The van der Waals surface area contributed by atoms with Crippen LogP contribution in [-0.4, -0.2) is 27.0 Å². The number of methoxy groups -OCH3 is 1. The molecule has 0 spiro atoms. The van der Waals surface area contributed by atoms with E-state index in [0.717, 1.165) is 34.5 Å². The van der Waals surface area contributed by atoms with Crippen molar-refractivity contribution in [2.45, 2.75) is 19.9 Å². The molecule has 1 amide bonds. The normalized spacial score (nSPS) is 11.1. The van der Waals surface area contributed by atoms with Crippen LogP contribution in [0.3, 0.4) is 0 Å². The van der Waals surface area contributed by atoms with Gasteiger partial charge in [-0.2, -0.15) is 0 Å². The lowest BCUT2D eigenvalue weighted by Gasteiger charge is -2.09. The zero-order valence-electron chi connectivity index (χ0n) is 19.0. The maximum absolute atomic E-state index is 13.2. The second-order valence-electron chi connectivity index (χ2n) is 8.02. The maximum Gasteiger partial charge on any atom is 0.260 e. The number of nitrogens with one attached hydrogen (secondary N) is 1. The fourth-order valence-corrected chi connectivity index (χ4v) is 4.15. The van der Waals surface area contributed by atoms with Gasteiger partial charge in [-0.3, -0.25) is 9.59 Å². The summed E-state index contributed by atoms with van der Waals surface area (Å²) in [6.07, 6.45) is 0.886. The Morgan fingerprint density at radius 2 is 1.74 bits per heavy atom. The lowest BCUT2D eigenvalue weighted by molar-refractivity contribution is -0.116. The lowest BCUT2D eigenvalue weighted by atomic mass is 10.1. The number of ether oxygens (including phenoxy) is 1. The van der Waals surface area contributed by atoms with Crippen molar-refractivity contribution in [2.75, 3.05) is 12.4 Å². The van der Waals surface area contributed by atoms with Crippen LogP contribution in [0.15, 0.2) is 83.7 Å². The Morgan fingerprint density at radius 1 is 0.971 bits per heavy atom. The van der Waals surface area contributed by atoms with Crippen molar-refractivity contribution in [2.24, 2.45) is 0 Å². The van der Waals surface area contributed by atoms with Crippen LogP contribution in [0.4, 0.5) is 5.69 Å². The molecule has 0 saturated carbocycles. The number of aryl methyl sites for hydroxylation is 1. The van der Waals surface area contributed by atoms with Gasteiger partial charge >= 0.3 is 0 Å². The summed E-state index contributed by atoms with van der Waals surface area (Å²) < 4.78 is 8.56. The number of fused-ring (bicyclic) bond motifs is 3. The summed E-state index contributed by atoms with van der Waals surface area (Å²) >= 11 is 0. The highest BCUT2D eigenvalue weighted by atomic mass is 16.5. The van der Waals surface area contributed by atoms with Crippen LogP contribution in [-0.2, 0) is 17.8 Å². The topological polar surface area (TPSA) is 77.6 Å². The van der Waals surface area contributed by atoms with E-state index in [-0.39, 0.29) is 18.0 Å². The number of carbonyl (C=O) groups is 1. The molecule has 0 bridgehead atoms. The van der Waals surface area contributed by atoms with Crippen LogP contribution in [0.2, 0.25) is 0 Å². The van der Waals surface area contributed by atoms with E-state index in [1.165, 1.54) is 6.07 Å². The summed E-state index contributed by atoms with van der Waals surface area (Å²) in [7, 11) is 1.60. The van der Waals surface area contributed by atoms with Gasteiger partial charge < -0.3 is 14.6 Å². The van der Waals surface area contributed by atoms with Gasteiger partial charge in [0.2, 0.25) is 11.7 Å². The Bertz CT molecular complexity index is 1570. The molecule has 0 atom stereocenters. The van der Waals surface area contributed by atoms with Crippen molar-refractivity contribution in [1.29, 1.82) is 0 Å². The van der Waals surface area contributed by atoms with Crippen LogP contribution in [0.1, 0.15) is 12.5 Å². The van der Waals surface area contributed by atoms with Gasteiger partial charge in [-0.25, -0.2) is 9.38 Å². The predicted octanol–water partition coefficient (Wildman–Crippen LogP) is 4.53. The van der Waals surface area contributed by atoms with Gasteiger partial charge in [-0.05, 0) is 60.5 Å². The molecule has 2 heterocycles. The van der Waals surface area contributed by atoms with Crippen molar-refractivity contribution in [3.05, 3.63) is 94.8 Å². The second kappa shape index (κ2) is 8.86. The minimum Gasteiger partial charge on any atom is -0.497 e. The quantitative estimate of drug-likeness (QED) is 0.411. The molecular weight excluding hydrogens is 428 g/mol. The van der Waals surface area contributed by atoms with E-state index in [1.807, 2.05) is 72.8 Å². The molecule has 0 unspecified atom stereocenters. The third kappa shape index (κ3) is 3.92. The minimum absolute atomic E-state index is 0.0197. The number of hydrogen-bond acceptors (Lipinski definition) is 4. The van der Waals surface area contributed by atoms with Gasteiger partial charge in [-0.1, -0.05) is 31.2 Å². The molecule has 170 valence electrons. The van der Waals surface area contributed by atoms with Gasteiger partial charge in [0.1, 0.15) is 12.3 Å². The summed E-state index contributed by atoms with van der Waals surface area (Å²) in [5.74, 6) is 0.942. The summed E-state index contributed by atoms with van der Waals surface area (Å²) in [4.78, 5) is 31.0. The highest BCUT2D eigenvalue weighted by Crippen LogP contribution is 2.23. The van der Waals surface area contributed by atoms with Gasteiger partial charge in [0.15, 0.2) is 0 Å². The van der Waals surface area contributed by atoms with E-state index in [2.05, 4.69) is 12.2 Å². The molecular formula is C27H24N4O3. The van der Waals surface area contributed by atoms with E-state index in [4.69, 9.17) is 9.72 Å². The summed E-state index contributed by atoms with van der Waals surface area (Å²) in [6, 6.07) is 24.2. The summed E-state index contributed by atoms with van der Waals surface area (Å²) in [5, 5.41) is 2.97. The Labute approximate surface area is 196 Å². The predicted molar refractivity (Wildman–Crippen MR) is 133 cm³/mol. The van der Waals surface area contributed by atoms with Crippen LogP contribution < -0.4 is 15.6 Å². The number of carbonyl (C=O) groups excluding carboxylic acids is 1. The zero-order chi connectivity index (χ0) is 23.7. The molecule has 1 N–H and O–H groups in total. The number of hydrogen-bond donors (Lipinski definition) is 1. The number of anilines is 1. The Balaban J connectivity index is 1.59. The van der Waals surface area contributed by atoms with Gasteiger partial charge in [0.05, 0.1) is 23.8 Å². The van der Waals surface area contributed by atoms with Gasteiger partial charge in [0.25, 0.3) is 5.56 Å². The highest BCUT2D eigenvalue weighted by molar-refractivity contribution is 5.92. The van der Waals surface area contributed by atoms with Gasteiger partial charge in [-0.15, -0.1) is 0 Å². The molecule has 0 saturated heterocycles. The van der Waals surface area contributed by atoms with Crippen molar-refractivity contribution < 1.29 is 9.53 Å². The van der Waals surface area contributed by atoms with Crippen LogP contribution in [0.25, 0.3) is 28.1 Å². The molecule has 7 nitrogen and oxygen atoms in total. The van der Waals surface area contributed by atoms with Crippen molar-refractivity contribution in [3.8, 4) is 17.0 Å². The number of rotatable bonds is 6. The Hall–Kier alpha value is -4.39. The molecule has 5 aromatic rings. The number of para-hydroxylation sites is 2. The fraction of sp³-hybridized carbons (Fsp3) is 0.148. The smallest absolute Gasteiger partial charge is 0.260 e. The minimum atomic E-state index is -0.207. The largest absolute Gasteiger partial charge is 0.497 e. The molecule has 0 radical (unpaired) electrons.